The smallest absolute Gasteiger partial charge is 0.270 e. The van der Waals surface area contributed by atoms with Gasteiger partial charge in [-0.1, -0.05) is 0 Å². The molecule has 3 rings (SSSR count). The fraction of sp³-hybridized carbons (Fsp3) is 0.571. The average molecular weight is 276 g/mol. The Morgan fingerprint density at radius 2 is 2.15 bits per heavy atom. The summed E-state index contributed by atoms with van der Waals surface area (Å²) in [5.74, 6) is -0.551. The first-order valence-electron chi connectivity index (χ1n) is 7.17. The summed E-state index contributed by atoms with van der Waals surface area (Å²) >= 11 is 0. The third-order valence-corrected chi connectivity index (χ3v) is 4.03. The molecule has 1 aliphatic heterocycles. The molecule has 1 aromatic rings. The number of H-pyrrole nitrogens is 1. The predicted octanol–water partition coefficient (Wildman–Crippen LogP) is 0.470. The molecule has 1 aromatic heterocycles. The average Bonchev–Trinajstić information content (AvgIpc) is 2.95. The van der Waals surface area contributed by atoms with Gasteiger partial charge in [-0.15, -0.1) is 0 Å². The van der Waals surface area contributed by atoms with E-state index < -0.39 is 5.91 Å². The Balaban J connectivity index is 1.72. The van der Waals surface area contributed by atoms with Crippen molar-refractivity contribution in [2.24, 2.45) is 5.73 Å². The van der Waals surface area contributed by atoms with Gasteiger partial charge in [-0.05, 0) is 38.3 Å². The van der Waals surface area contributed by atoms with Crippen molar-refractivity contribution in [2.75, 3.05) is 13.1 Å². The third kappa shape index (κ3) is 2.70. The molecule has 6 nitrogen and oxygen atoms in total. The highest BCUT2D eigenvalue weighted by Crippen LogP contribution is 2.29. The van der Waals surface area contributed by atoms with Gasteiger partial charge < -0.3 is 20.9 Å². The van der Waals surface area contributed by atoms with E-state index in [-0.39, 0.29) is 5.91 Å². The molecule has 1 aliphatic carbocycles. The van der Waals surface area contributed by atoms with Gasteiger partial charge >= 0.3 is 0 Å². The molecule has 108 valence electrons. The second kappa shape index (κ2) is 5.28. The molecule has 2 aliphatic rings. The van der Waals surface area contributed by atoms with Crippen LogP contribution in [-0.2, 0) is 0 Å². The molecule has 1 unspecified atom stereocenters. The van der Waals surface area contributed by atoms with E-state index in [2.05, 4.69) is 10.3 Å². The number of nitrogens with zero attached hydrogens (tertiary/aromatic N) is 1. The predicted molar refractivity (Wildman–Crippen MR) is 74.4 cm³/mol. The van der Waals surface area contributed by atoms with Gasteiger partial charge in [0.25, 0.3) is 5.91 Å². The molecule has 2 amide bonds. The summed E-state index contributed by atoms with van der Waals surface area (Å²) < 4.78 is 0. The number of carbonyl (C=O) groups excluding carboxylic acids is 2. The van der Waals surface area contributed by atoms with Gasteiger partial charge in [-0.2, -0.15) is 0 Å². The SMILES string of the molecule is NC(=O)c1c[nH]c(C(=O)N(CC2CCCN2)C2CC2)c1. The Bertz CT molecular complexity index is 515. The number of amides is 2. The lowest BCUT2D eigenvalue weighted by molar-refractivity contribution is 0.0723. The molecule has 6 heteroatoms. The highest BCUT2D eigenvalue weighted by atomic mass is 16.2. The molecule has 1 saturated carbocycles. The third-order valence-electron chi connectivity index (χ3n) is 4.03. The molecular formula is C14H20N4O2. The summed E-state index contributed by atoms with van der Waals surface area (Å²) in [5.41, 5.74) is 6.01. The van der Waals surface area contributed by atoms with E-state index >= 15 is 0 Å². The highest BCUT2D eigenvalue weighted by molar-refractivity contribution is 5.98. The minimum absolute atomic E-state index is 0.0336. The van der Waals surface area contributed by atoms with Crippen LogP contribution in [-0.4, -0.2) is 46.9 Å². The normalized spacial score (nSPS) is 21.9. The summed E-state index contributed by atoms with van der Waals surface area (Å²) in [6, 6.07) is 2.29. The molecule has 1 saturated heterocycles. The molecule has 0 radical (unpaired) electrons. The Morgan fingerprint density at radius 3 is 2.70 bits per heavy atom. The van der Waals surface area contributed by atoms with Crippen LogP contribution in [0.4, 0.5) is 0 Å². The number of nitrogens with one attached hydrogen (secondary N) is 2. The number of carbonyl (C=O) groups is 2. The van der Waals surface area contributed by atoms with Crippen LogP contribution in [0.5, 0.6) is 0 Å². The topological polar surface area (TPSA) is 91.2 Å². The van der Waals surface area contributed by atoms with Gasteiger partial charge in [-0.25, -0.2) is 0 Å². The van der Waals surface area contributed by atoms with Crippen molar-refractivity contribution in [1.29, 1.82) is 0 Å². The van der Waals surface area contributed by atoms with Crippen LogP contribution in [0.25, 0.3) is 0 Å². The molecule has 0 bridgehead atoms. The van der Waals surface area contributed by atoms with E-state index in [1.54, 1.807) is 6.07 Å². The summed E-state index contributed by atoms with van der Waals surface area (Å²) in [4.78, 5) is 28.5. The van der Waals surface area contributed by atoms with Crippen LogP contribution in [0.3, 0.4) is 0 Å². The maximum Gasteiger partial charge on any atom is 0.270 e. The van der Waals surface area contributed by atoms with Gasteiger partial charge in [0, 0.05) is 24.8 Å². The maximum absolute atomic E-state index is 12.6. The minimum Gasteiger partial charge on any atom is -0.366 e. The van der Waals surface area contributed by atoms with Crippen LogP contribution < -0.4 is 11.1 Å². The highest BCUT2D eigenvalue weighted by Gasteiger charge is 2.35. The molecular weight excluding hydrogens is 256 g/mol. The molecule has 0 aromatic carbocycles. The van der Waals surface area contributed by atoms with Gasteiger partial charge in [0.05, 0.1) is 5.56 Å². The number of rotatable bonds is 5. The fourth-order valence-corrected chi connectivity index (χ4v) is 2.75. The summed E-state index contributed by atoms with van der Waals surface area (Å²) in [7, 11) is 0. The van der Waals surface area contributed by atoms with E-state index in [1.165, 1.54) is 12.6 Å². The number of primary amides is 1. The van der Waals surface area contributed by atoms with E-state index in [4.69, 9.17) is 5.73 Å². The summed E-state index contributed by atoms with van der Waals surface area (Å²) in [6.07, 6.45) is 5.93. The first kappa shape index (κ1) is 13.2. The van der Waals surface area contributed by atoms with E-state index in [9.17, 15) is 9.59 Å². The summed E-state index contributed by atoms with van der Waals surface area (Å²) in [6.45, 7) is 1.78. The monoisotopic (exact) mass is 276 g/mol. The zero-order valence-corrected chi connectivity index (χ0v) is 11.4. The minimum atomic E-state index is -0.518. The Hall–Kier alpha value is -1.82. The lowest BCUT2D eigenvalue weighted by Gasteiger charge is -2.25. The van der Waals surface area contributed by atoms with Crippen molar-refractivity contribution in [2.45, 2.75) is 37.8 Å². The van der Waals surface area contributed by atoms with Crippen molar-refractivity contribution in [3.8, 4) is 0 Å². The van der Waals surface area contributed by atoms with Crippen molar-refractivity contribution < 1.29 is 9.59 Å². The molecule has 2 heterocycles. The number of nitrogens with two attached hydrogens (primary N) is 1. The van der Waals surface area contributed by atoms with Crippen molar-refractivity contribution in [1.82, 2.24) is 15.2 Å². The van der Waals surface area contributed by atoms with E-state index in [1.807, 2.05) is 4.90 Å². The van der Waals surface area contributed by atoms with Gasteiger partial charge in [0.2, 0.25) is 5.91 Å². The Morgan fingerprint density at radius 1 is 1.35 bits per heavy atom. The van der Waals surface area contributed by atoms with Crippen LogP contribution in [0, 0.1) is 0 Å². The number of aromatic amines is 1. The van der Waals surface area contributed by atoms with Crippen molar-refractivity contribution in [3.63, 3.8) is 0 Å². The first-order valence-corrected chi connectivity index (χ1v) is 7.17. The molecule has 0 spiro atoms. The Labute approximate surface area is 117 Å². The van der Waals surface area contributed by atoms with Gasteiger partial charge in [0.1, 0.15) is 5.69 Å². The molecule has 4 N–H and O–H groups in total. The largest absolute Gasteiger partial charge is 0.366 e. The number of aromatic nitrogens is 1. The first-order chi connectivity index (χ1) is 9.65. The van der Waals surface area contributed by atoms with E-state index in [0.29, 0.717) is 23.3 Å². The molecule has 1 atom stereocenters. The van der Waals surface area contributed by atoms with Crippen LogP contribution in [0.15, 0.2) is 12.3 Å². The van der Waals surface area contributed by atoms with Crippen LogP contribution in [0.2, 0.25) is 0 Å². The standard InChI is InChI=1S/C14H20N4O2/c15-13(19)9-6-12(17-7-9)14(20)18(11-3-4-11)8-10-2-1-5-16-10/h6-7,10-11,16-17H,1-5,8H2,(H2,15,19). The van der Waals surface area contributed by atoms with Crippen LogP contribution in [0.1, 0.15) is 46.5 Å². The lowest BCUT2D eigenvalue weighted by Crippen LogP contribution is -2.42. The van der Waals surface area contributed by atoms with Gasteiger partial charge in [-0.3, -0.25) is 9.59 Å². The molecule has 20 heavy (non-hydrogen) atoms. The summed E-state index contributed by atoms with van der Waals surface area (Å²) in [5, 5.41) is 3.42. The Kier molecular flexibility index (Phi) is 3.48. The number of hydrogen-bond donors (Lipinski definition) is 3. The van der Waals surface area contributed by atoms with Gasteiger partial charge in [0.15, 0.2) is 0 Å². The lowest BCUT2D eigenvalue weighted by atomic mass is 10.2. The zero-order chi connectivity index (χ0) is 14.1. The second-order valence-electron chi connectivity index (χ2n) is 5.65. The number of hydrogen-bond acceptors (Lipinski definition) is 3. The van der Waals surface area contributed by atoms with Crippen molar-refractivity contribution >= 4 is 11.8 Å². The van der Waals surface area contributed by atoms with E-state index in [0.717, 1.165) is 32.4 Å². The fourth-order valence-electron chi connectivity index (χ4n) is 2.75. The van der Waals surface area contributed by atoms with Crippen molar-refractivity contribution in [3.05, 3.63) is 23.5 Å². The molecule has 2 fully saturated rings. The quantitative estimate of drug-likeness (QED) is 0.730. The van der Waals surface area contributed by atoms with Crippen LogP contribution >= 0.6 is 0 Å². The maximum atomic E-state index is 12.6. The zero-order valence-electron chi connectivity index (χ0n) is 11.4. The second-order valence-corrected chi connectivity index (χ2v) is 5.65.